The van der Waals surface area contributed by atoms with Crippen LogP contribution in [0.3, 0.4) is 0 Å². The Labute approximate surface area is 148 Å². The Morgan fingerprint density at radius 1 is 0.958 bits per heavy atom. The van der Waals surface area contributed by atoms with E-state index in [0.717, 1.165) is 71.0 Å². The van der Waals surface area contributed by atoms with Gasteiger partial charge in [-0.1, -0.05) is 44.4 Å². The van der Waals surface area contributed by atoms with Crippen LogP contribution in [-0.2, 0) is 6.54 Å². The second-order valence-electron chi connectivity index (χ2n) is 6.78. The Morgan fingerprint density at radius 3 is 2.46 bits per heavy atom. The van der Waals surface area contributed by atoms with Crippen molar-refractivity contribution in [2.24, 2.45) is 5.73 Å². The molecule has 0 spiro atoms. The summed E-state index contributed by atoms with van der Waals surface area (Å²) in [5.74, 6) is 1.07. The minimum Gasteiger partial charge on any atom is -0.493 e. The lowest BCUT2D eigenvalue weighted by Gasteiger charge is -2.34. The molecular formula is C20H35N3O. The number of nitrogens with zero attached hydrogens (tertiary/aromatic N) is 2. The van der Waals surface area contributed by atoms with E-state index in [1.165, 1.54) is 24.8 Å². The van der Waals surface area contributed by atoms with Gasteiger partial charge in [0, 0.05) is 38.3 Å². The van der Waals surface area contributed by atoms with Gasteiger partial charge in [0.2, 0.25) is 0 Å². The summed E-state index contributed by atoms with van der Waals surface area (Å²) in [6.45, 7) is 10.6. The van der Waals surface area contributed by atoms with E-state index in [-0.39, 0.29) is 0 Å². The van der Waals surface area contributed by atoms with Crippen LogP contribution in [0, 0.1) is 0 Å². The van der Waals surface area contributed by atoms with Crippen molar-refractivity contribution in [2.45, 2.75) is 45.6 Å². The molecule has 1 aliphatic heterocycles. The predicted molar refractivity (Wildman–Crippen MR) is 101 cm³/mol. The number of rotatable bonds is 11. The highest BCUT2D eigenvalue weighted by Gasteiger charge is 2.17. The maximum Gasteiger partial charge on any atom is 0.123 e. The van der Waals surface area contributed by atoms with Crippen molar-refractivity contribution in [2.75, 3.05) is 45.9 Å². The van der Waals surface area contributed by atoms with E-state index in [1.807, 2.05) is 0 Å². The van der Waals surface area contributed by atoms with Gasteiger partial charge in [0.05, 0.1) is 6.61 Å². The largest absolute Gasteiger partial charge is 0.493 e. The van der Waals surface area contributed by atoms with Crippen molar-refractivity contribution < 1.29 is 4.74 Å². The molecule has 1 saturated heterocycles. The van der Waals surface area contributed by atoms with Crippen LogP contribution in [0.5, 0.6) is 5.75 Å². The molecule has 4 heteroatoms. The van der Waals surface area contributed by atoms with Gasteiger partial charge in [-0.25, -0.2) is 0 Å². The van der Waals surface area contributed by atoms with Crippen LogP contribution in [0.1, 0.15) is 44.6 Å². The van der Waals surface area contributed by atoms with Crippen LogP contribution in [0.2, 0.25) is 0 Å². The fourth-order valence-corrected chi connectivity index (χ4v) is 3.21. The third kappa shape index (κ3) is 6.80. The van der Waals surface area contributed by atoms with E-state index in [4.69, 9.17) is 10.5 Å². The monoisotopic (exact) mass is 333 g/mol. The first-order valence-electron chi connectivity index (χ1n) is 9.69. The molecule has 0 aromatic heterocycles. The first-order valence-corrected chi connectivity index (χ1v) is 9.69. The summed E-state index contributed by atoms with van der Waals surface area (Å²) in [7, 11) is 0. The third-order valence-electron chi connectivity index (χ3n) is 4.77. The molecule has 0 atom stereocenters. The van der Waals surface area contributed by atoms with E-state index in [9.17, 15) is 0 Å². The standard InChI is InChI=1S/C20H35N3O/c1-2-3-4-7-17-24-20-10-6-5-9-19(20)18-23-15-13-22(14-16-23)12-8-11-21/h5-6,9-10H,2-4,7-8,11-18,21H2,1H3. The lowest BCUT2D eigenvalue weighted by Crippen LogP contribution is -2.46. The molecule has 4 nitrogen and oxygen atoms in total. The molecule has 0 aliphatic carbocycles. The zero-order valence-corrected chi connectivity index (χ0v) is 15.4. The van der Waals surface area contributed by atoms with Gasteiger partial charge in [-0.3, -0.25) is 4.90 Å². The van der Waals surface area contributed by atoms with Gasteiger partial charge in [-0.2, -0.15) is 0 Å². The van der Waals surface area contributed by atoms with E-state index in [1.54, 1.807) is 0 Å². The summed E-state index contributed by atoms with van der Waals surface area (Å²) in [5, 5.41) is 0. The lowest BCUT2D eigenvalue weighted by atomic mass is 10.1. The maximum absolute atomic E-state index is 6.05. The van der Waals surface area contributed by atoms with E-state index >= 15 is 0 Å². The molecule has 1 aromatic carbocycles. The van der Waals surface area contributed by atoms with Crippen LogP contribution < -0.4 is 10.5 Å². The molecule has 0 bridgehead atoms. The zero-order chi connectivity index (χ0) is 17.0. The van der Waals surface area contributed by atoms with Gasteiger partial charge < -0.3 is 15.4 Å². The minimum atomic E-state index is 0.795. The number of hydrogen-bond acceptors (Lipinski definition) is 4. The van der Waals surface area contributed by atoms with E-state index in [2.05, 4.69) is 41.0 Å². The van der Waals surface area contributed by atoms with Crippen molar-refractivity contribution in [3.63, 3.8) is 0 Å². The average molecular weight is 334 g/mol. The normalized spacial score (nSPS) is 16.4. The maximum atomic E-state index is 6.05. The summed E-state index contributed by atoms with van der Waals surface area (Å²) < 4.78 is 6.05. The van der Waals surface area contributed by atoms with Gasteiger partial charge in [-0.15, -0.1) is 0 Å². The molecule has 24 heavy (non-hydrogen) atoms. The Balaban J connectivity index is 1.76. The first-order chi connectivity index (χ1) is 11.8. The van der Waals surface area contributed by atoms with Crippen molar-refractivity contribution in [3.8, 4) is 5.75 Å². The van der Waals surface area contributed by atoms with Crippen molar-refractivity contribution in [1.82, 2.24) is 9.80 Å². The van der Waals surface area contributed by atoms with Gasteiger partial charge in [-0.05, 0) is 32.0 Å². The van der Waals surface area contributed by atoms with Crippen molar-refractivity contribution in [3.05, 3.63) is 29.8 Å². The third-order valence-corrected chi connectivity index (χ3v) is 4.77. The minimum absolute atomic E-state index is 0.795. The van der Waals surface area contributed by atoms with Crippen LogP contribution in [-0.4, -0.2) is 55.7 Å². The second kappa shape index (κ2) is 11.5. The van der Waals surface area contributed by atoms with Gasteiger partial charge in [0.15, 0.2) is 0 Å². The highest BCUT2D eigenvalue weighted by Crippen LogP contribution is 2.21. The number of unbranched alkanes of at least 4 members (excludes halogenated alkanes) is 3. The van der Waals surface area contributed by atoms with Crippen LogP contribution in [0.4, 0.5) is 0 Å². The molecule has 2 rings (SSSR count). The quantitative estimate of drug-likeness (QED) is 0.632. The van der Waals surface area contributed by atoms with Crippen LogP contribution in [0.25, 0.3) is 0 Å². The molecule has 2 N–H and O–H groups in total. The molecule has 1 heterocycles. The highest BCUT2D eigenvalue weighted by molar-refractivity contribution is 5.33. The summed E-state index contributed by atoms with van der Waals surface area (Å²) in [6.07, 6.45) is 6.10. The van der Waals surface area contributed by atoms with Gasteiger partial charge >= 0.3 is 0 Å². The number of hydrogen-bond donors (Lipinski definition) is 1. The molecular weight excluding hydrogens is 298 g/mol. The number of piperazine rings is 1. The molecule has 1 fully saturated rings. The lowest BCUT2D eigenvalue weighted by molar-refractivity contribution is 0.125. The summed E-state index contributed by atoms with van der Waals surface area (Å²) >= 11 is 0. The molecule has 0 amide bonds. The second-order valence-corrected chi connectivity index (χ2v) is 6.78. The van der Waals surface area contributed by atoms with Crippen molar-refractivity contribution >= 4 is 0 Å². The molecule has 0 radical (unpaired) electrons. The van der Waals surface area contributed by atoms with E-state index in [0.29, 0.717) is 0 Å². The molecule has 0 unspecified atom stereocenters. The van der Waals surface area contributed by atoms with Crippen LogP contribution >= 0.6 is 0 Å². The molecule has 136 valence electrons. The predicted octanol–water partition coefficient (Wildman–Crippen LogP) is 3.11. The Bertz CT molecular complexity index is 444. The summed E-state index contributed by atoms with van der Waals surface area (Å²) in [4.78, 5) is 5.07. The smallest absolute Gasteiger partial charge is 0.123 e. The topological polar surface area (TPSA) is 41.7 Å². The Hall–Kier alpha value is -1.10. The number of nitrogens with two attached hydrogens (primary N) is 1. The van der Waals surface area contributed by atoms with Gasteiger partial charge in [0.25, 0.3) is 0 Å². The Kier molecular flexibility index (Phi) is 9.18. The number of para-hydroxylation sites is 1. The van der Waals surface area contributed by atoms with Gasteiger partial charge in [0.1, 0.15) is 5.75 Å². The highest BCUT2D eigenvalue weighted by atomic mass is 16.5. The molecule has 1 aliphatic rings. The number of benzene rings is 1. The van der Waals surface area contributed by atoms with E-state index < -0.39 is 0 Å². The SMILES string of the molecule is CCCCCCOc1ccccc1CN1CCN(CCCN)CC1. The summed E-state index contributed by atoms with van der Waals surface area (Å²) in [5.41, 5.74) is 6.93. The molecule has 0 saturated carbocycles. The zero-order valence-electron chi connectivity index (χ0n) is 15.4. The fourth-order valence-electron chi connectivity index (χ4n) is 3.21. The summed E-state index contributed by atoms with van der Waals surface area (Å²) in [6, 6.07) is 8.53. The van der Waals surface area contributed by atoms with Crippen LogP contribution in [0.15, 0.2) is 24.3 Å². The Morgan fingerprint density at radius 2 is 1.71 bits per heavy atom. The average Bonchev–Trinajstić information content (AvgIpc) is 2.62. The number of ether oxygens (including phenoxy) is 1. The molecule has 1 aromatic rings. The first kappa shape index (κ1) is 19.2. The van der Waals surface area contributed by atoms with Crippen molar-refractivity contribution in [1.29, 1.82) is 0 Å². The fraction of sp³-hybridized carbons (Fsp3) is 0.700.